The Hall–Kier alpha value is -1.48. The largest absolute Gasteiger partial charge is 0.404 e. The number of ether oxygens (including phenoxy) is 1. The second-order valence-electron chi connectivity index (χ2n) is 4.13. The first-order chi connectivity index (χ1) is 9.00. The van der Waals surface area contributed by atoms with Gasteiger partial charge in [-0.05, 0) is 27.8 Å². The van der Waals surface area contributed by atoms with Crippen molar-refractivity contribution in [2.45, 2.75) is 13.5 Å². The summed E-state index contributed by atoms with van der Waals surface area (Å²) in [5.41, 5.74) is 0.563. The van der Waals surface area contributed by atoms with Crippen LogP contribution in [0.5, 0.6) is 0 Å². The lowest BCUT2D eigenvalue weighted by atomic mass is 10.4. The number of carbonyl (C=O) groups is 1. The number of aromatic nitrogens is 2. The monoisotopic (exact) mass is 332 g/mol. The van der Waals surface area contributed by atoms with Gasteiger partial charge in [0.2, 0.25) is 5.91 Å². The van der Waals surface area contributed by atoms with Crippen molar-refractivity contribution in [3.8, 4) is 0 Å². The molecule has 1 saturated heterocycles. The molecule has 9 heteroatoms. The molecule has 0 aromatic carbocycles. The lowest BCUT2D eigenvalue weighted by Crippen LogP contribution is -2.42. The number of morpholine rings is 1. The third-order valence-corrected chi connectivity index (χ3v) is 3.87. The van der Waals surface area contributed by atoms with Crippen molar-refractivity contribution in [2.24, 2.45) is 0 Å². The van der Waals surface area contributed by atoms with Crippen LogP contribution < -0.4 is 0 Å². The number of rotatable bonds is 3. The Balaban J connectivity index is 2.12. The number of nitro groups is 1. The Morgan fingerprint density at radius 3 is 2.68 bits per heavy atom. The van der Waals surface area contributed by atoms with E-state index in [9.17, 15) is 14.9 Å². The van der Waals surface area contributed by atoms with Crippen LogP contribution in [0.4, 0.5) is 5.82 Å². The molecule has 0 aliphatic carbocycles. The van der Waals surface area contributed by atoms with Crippen LogP contribution in [-0.4, -0.2) is 51.8 Å². The molecular weight excluding hydrogens is 320 g/mol. The van der Waals surface area contributed by atoms with Crippen molar-refractivity contribution in [3.05, 3.63) is 20.3 Å². The maximum Gasteiger partial charge on any atom is 0.404 e. The van der Waals surface area contributed by atoms with Gasteiger partial charge < -0.3 is 19.8 Å². The van der Waals surface area contributed by atoms with Gasteiger partial charge in [0, 0.05) is 13.1 Å². The molecule has 2 rings (SSSR count). The first kappa shape index (κ1) is 13.9. The van der Waals surface area contributed by atoms with Gasteiger partial charge in [-0.15, -0.1) is 0 Å². The first-order valence-corrected chi connectivity index (χ1v) is 6.53. The van der Waals surface area contributed by atoms with E-state index in [1.807, 2.05) is 0 Å². The van der Waals surface area contributed by atoms with Gasteiger partial charge in [-0.25, -0.2) is 0 Å². The average Bonchev–Trinajstić information content (AvgIpc) is 2.68. The van der Waals surface area contributed by atoms with Crippen molar-refractivity contribution in [1.29, 1.82) is 0 Å². The summed E-state index contributed by atoms with van der Waals surface area (Å²) in [5, 5.41) is 14.6. The second-order valence-corrected chi connectivity index (χ2v) is 4.92. The molecule has 0 radical (unpaired) electrons. The molecule has 2 heterocycles. The Bertz CT molecular complexity index is 510. The summed E-state index contributed by atoms with van der Waals surface area (Å²) in [6.45, 7) is 3.81. The summed E-state index contributed by atoms with van der Waals surface area (Å²) in [5.74, 6) is -0.386. The van der Waals surface area contributed by atoms with Gasteiger partial charge in [-0.3, -0.25) is 4.79 Å². The fourth-order valence-electron chi connectivity index (χ4n) is 1.82. The van der Waals surface area contributed by atoms with Crippen LogP contribution >= 0.6 is 15.9 Å². The molecular formula is C10H13BrN4O4. The number of hydrogen-bond acceptors (Lipinski definition) is 5. The van der Waals surface area contributed by atoms with Crippen LogP contribution in [-0.2, 0) is 16.1 Å². The van der Waals surface area contributed by atoms with Crippen molar-refractivity contribution in [2.75, 3.05) is 26.3 Å². The first-order valence-electron chi connectivity index (χ1n) is 5.73. The normalized spacial score (nSPS) is 15.6. The van der Waals surface area contributed by atoms with Crippen LogP contribution in [0.2, 0.25) is 0 Å². The average molecular weight is 333 g/mol. The van der Waals surface area contributed by atoms with Gasteiger partial charge in [-0.2, -0.15) is 4.68 Å². The molecule has 1 aromatic rings. The predicted molar refractivity (Wildman–Crippen MR) is 68.7 cm³/mol. The highest BCUT2D eigenvalue weighted by atomic mass is 79.9. The number of amides is 1. The molecule has 1 amide bonds. The second kappa shape index (κ2) is 5.66. The third kappa shape index (κ3) is 2.92. The zero-order valence-corrected chi connectivity index (χ0v) is 11.9. The summed E-state index contributed by atoms with van der Waals surface area (Å²) in [6, 6.07) is 0. The zero-order valence-electron chi connectivity index (χ0n) is 10.3. The number of nitrogens with zero attached hydrogens (tertiary/aromatic N) is 4. The molecule has 0 N–H and O–H groups in total. The summed E-state index contributed by atoms with van der Waals surface area (Å²) >= 11 is 3.12. The molecule has 0 atom stereocenters. The highest BCUT2D eigenvalue weighted by Gasteiger charge is 2.26. The Kier molecular flexibility index (Phi) is 4.15. The Morgan fingerprint density at radius 1 is 1.53 bits per heavy atom. The third-order valence-electron chi connectivity index (χ3n) is 2.94. The maximum atomic E-state index is 12.0. The van der Waals surface area contributed by atoms with E-state index in [4.69, 9.17) is 4.74 Å². The van der Waals surface area contributed by atoms with E-state index >= 15 is 0 Å². The van der Waals surface area contributed by atoms with Crippen LogP contribution in [0, 0.1) is 17.0 Å². The van der Waals surface area contributed by atoms with Crippen LogP contribution in [0.3, 0.4) is 0 Å². The molecule has 1 aromatic heterocycles. The quantitative estimate of drug-likeness (QED) is 0.601. The SMILES string of the molecule is Cc1c(Br)c([N+](=O)[O-])nn1CC(=O)N1CCOCC1. The van der Waals surface area contributed by atoms with E-state index in [1.165, 1.54) is 4.68 Å². The van der Waals surface area contributed by atoms with Crippen LogP contribution in [0.25, 0.3) is 0 Å². The van der Waals surface area contributed by atoms with Crippen LogP contribution in [0.1, 0.15) is 5.69 Å². The number of carbonyl (C=O) groups excluding carboxylic acids is 1. The molecule has 1 aliphatic heterocycles. The summed E-state index contributed by atoms with van der Waals surface area (Å²) < 4.78 is 6.82. The molecule has 104 valence electrons. The fraction of sp³-hybridized carbons (Fsp3) is 0.600. The number of hydrogen-bond donors (Lipinski definition) is 0. The van der Waals surface area contributed by atoms with Crippen LogP contribution in [0.15, 0.2) is 4.47 Å². The van der Waals surface area contributed by atoms with E-state index < -0.39 is 4.92 Å². The fourth-order valence-corrected chi connectivity index (χ4v) is 2.25. The molecule has 0 bridgehead atoms. The van der Waals surface area contributed by atoms with E-state index in [2.05, 4.69) is 21.0 Å². The van der Waals surface area contributed by atoms with Gasteiger partial charge >= 0.3 is 5.82 Å². The standard InChI is InChI=1S/C10H13BrN4O4/c1-7-9(11)10(15(17)18)12-14(7)6-8(16)13-2-4-19-5-3-13/h2-6H2,1H3. The highest BCUT2D eigenvalue weighted by Crippen LogP contribution is 2.26. The van der Waals surface area contributed by atoms with Gasteiger partial charge in [0.15, 0.2) is 0 Å². The van der Waals surface area contributed by atoms with Gasteiger partial charge in [0.05, 0.1) is 24.0 Å². The Labute approximate surface area is 117 Å². The lowest BCUT2D eigenvalue weighted by molar-refractivity contribution is -0.390. The van der Waals surface area contributed by atoms with E-state index in [1.54, 1.807) is 11.8 Å². The highest BCUT2D eigenvalue weighted by molar-refractivity contribution is 9.10. The summed E-state index contributed by atoms with van der Waals surface area (Å²) in [6.07, 6.45) is 0. The molecule has 0 saturated carbocycles. The topological polar surface area (TPSA) is 90.5 Å². The molecule has 8 nitrogen and oxygen atoms in total. The zero-order chi connectivity index (χ0) is 14.0. The van der Waals surface area contributed by atoms with Crippen molar-refractivity contribution in [3.63, 3.8) is 0 Å². The summed E-state index contributed by atoms with van der Waals surface area (Å²) in [4.78, 5) is 23.9. The van der Waals surface area contributed by atoms with Gasteiger partial charge in [-0.1, -0.05) is 0 Å². The van der Waals surface area contributed by atoms with Gasteiger partial charge in [0.25, 0.3) is 0 Å². The lowest BCUT2D eigenvalue weighted by Gasteiger charge is -2.26. The van der Waals surface area contributed by atoms with E-state index in [-0.39, 0.29) is 18.3 Å². The Morgan fingerprint density at radius 2 is 2.16 bits per heavy atom. The summed E-state index contributed by atoms with van der Waals surface area (Å²) in [7, 11) is 0. The number of halogens is 1. The van der Waals surface area contributed by atoms with E-state index in [0.717, 1.165) is 0 Å². The van der Waals surface area contributed by atoms with Gasteiger partial charge in [0.1, 0.15) is 11.0 Å². The molecule has 1 aliphatic rings. The minimum Gasteiger partial charge on any atom is -0.378 e. The molecule has 1 fully saturated rings. The molecule has 19 heavy (non-hydrogen) atoms. The molecule has 0 spiro atoms. The minimum absolute atomic E-state index is 0.00171. The molecule has 0 unspecified atom stereocenters. The minimum atomic E-state index is -0.577. The smallest absolute Gasteiger partial charge is 0.378 e. The maximum absolute atomic E-state index is 12.0. The predicted octanol–water partition coefficient (Wildman–Crippen LogP) is 0.721. The van der Waals surface area contributed by atoms with Crippen molar-refractivity contribution >= 4 is 27.7 Å². The van der Waals surface area contributed by atoms with E-state index in [0.29, 0.717) is 36.5 Å². The van der Waals surface area contributed by atoms with Crippen molar-refractivity contribution in [1.82, 2.24) is 14.7 Å². The van der Waals surface area contributed by atoms with Crippen molar-refractivity contribution < 1.29 is 14.5 Å².